The van der Waals surface area contributed by atoms with Crippen molar-refractivity contribution in [1.29, 1.82) is 0 Å². The summed E-state index contributed by atoms with van der Waals surface area (Å²) in [4.78, 5) is 30.4. The van der Waals surface area contributed by atoms with E-state index in [4.69, 9.17) is 0 Å². The molecular weight excluding hydrogens is 456 g/mol. The van der Waals surface area contributed by atoms with Gasteiger partial charge in [0, 0.05) is 30.9 Å². The Bertz CT molecular complexity index is 1220. The number of aryl methyl sites for hydroxylation is 1. The van der Waals surface area contributed by atoms with Gasteiger partial charge in [-0.1, -0.05) is 6.08 Å². The Kier molecular flexibility index (Phi) is 5.81. The molecule has 2 aliphatic heterocycles. The lowest BCUT2D eigenvalue weighted by Crippen LogP contribution is -2.53. The minimum absolute atomic E-state index is 0.0772. The fourth-order valence-electron chi connectivity index (χ4n) is 4.71. The molecule has 2 fully saturated rings. The number of sulfonamides is 1. The van der Waals surface area contributed by atoms with Crippen LogP contribution in [0, 0.1) is 0 Å². The number of hydrogen-bond acceptors (Lipinski definition) is 6. The first kappa shape index (κ1) is 23.1. The molecule has 2 aliphatic carbocycles. The number of allylic oxidation sites excluding steroid dienone is 1. The third-order valence-corrected chi connectivity index (χ3v) is 8.75. The molecule has 0 spiro atoms. The summed E-state index contributed by atoms with van der Waals surface area (Å²) in [5.74, 6) is -0.483. The van der Waals surface area contributed by atoms with Gasteiger partial charge in [0.1, 0.15) is 29.6 Å². The lowest BCUT2D eigenvalue weighted by molar-refractivity contribution is -0.437. The second-order valence-corrected chi connectivity index (χ2v) is 11.7. The minimum atomic E-state index is -3.70. The molecule has 1 aromatic rings. The van der Waals surface area contributed by atoms with E-state index in [1.807, 2.05) is 6.92 Å². The zero-order chi connectivity index (χ0) is 24.1. The number of carbonyl (C=O) groups excluding carboxylic acids is 2. The topological polar surface area (TPSA) is 108 Å². The van der Waals surface area contributed by atoms with Gasteiger partial charge in [0.05, 0.1) is 6.20 Å². The fourth-order valence-corrected chi connectivity index (χ4v) is 6.34. The van der Waals surface area contributed by atoms with E-state index < -0.39 is 32.8 Å². The number of nitrogens with zero attached hydrogens (tertiary/aromatic N) is 5. The largest absolute Gasteiger partial charge is 0.501 e. The van der Waals surface area contributed by atoms with Gasteiger partial charge in [0.25, 0.3) is 0 Å². The minimum Gasteiger partial charge on any atom is -0.299 e. The average Bonchev–Trinajstić information content (AvgIpc) is 3.17. The van der Waals surface area contributed by atoms with Crippen LogP contribution < -0.4 is 4.72 Å². The van der Waals surface area contributed by atoms with Gasteiger partial charge in [0.2, 0.25) is 10.0 Å². The smallest absolute Gasteiger partial charge is 0.299 e. The predicted octanol–water partition coefficient (Wildman–Crippen LogP) is 0.768. The summed E-state index contributed by atoms with van der Waals surface area (Å²) in [7, 11) is -1.93. The summed E-state index contributed by atoms with van der Waals surface area (Å²) in [6, 6.07) is -0.394. The third-order valence-electron chi connectivity index (χ3n) is 6.96. The van der Waals surface area contributed by atoms with E-state index in [1.54, 1.807) is 40.9 Å². The lowest BCUT2D eigenvalue weighted by Gasteiger charge is -2.27. The van der Waals surface area contributed by atoms with E-state index in [9.17, 15) is 18.0 Å². The normalized spacial score (nSPS) is 24.6. The zero-order valence-electron chi connectivity index (χ0n) is 19.6. The highest BCUT2D eigenvalue weighted by atomic mass is 32.2. The molecule has 4 aliphatic rings. The van der Waals surface area contributed by atoms with Crippen LogP contribution in [0.3, 0.4) is 0 Å². The first-order valence-corrected chi connectivity index (χ1v) is 13.3. The first-order chi connectivity index (χ1) is 16.2. The monoisotopic (exact) mass is 487 g/mol. The highest BCUT2D eigenvalue weighted by Crippen LogP contribution is 2.36. The number of aromatic nitrogens is 2. The van der Waals surface area contributed by atoms with Crippen molar-refractivity contribution in [2.24, 2.45) is 7.05 Å². The van der Waals surface area contributed by atoms with Crippen molar-refractivity contribution in [2.45, 2.75) is 49.9 Å². The molecule has 3 amide bonds. The maximum absolute atomic E-state index is 13.5. The van der Waals surface area contributed by atoms with Gasteiger partial charge in [0.15, 0.2) is 0 Å². The SMILES string of the molecule is Cn1cc(CN2C(=O)C3=CC(S(=O)(=O)NC4(C)CC4)C=CC3=[N+](CCN3CCCC3)C2=O)cn1. The van der Waals surface area contributed by atoms with Crippen LogP contribution in [-0.4, -0.2) is 87.2 Å². The van der Waals surface area contributed by atoms with E-state index in [0.717, 1.165) is 44.3 Å². The summed E-state index contributed by atoms with van der Waals surface area (Å²) in [5, 5.41) is 3.16. The van der Waals surface area contributed by atoms with E-state index >= 15 is 0 Å². The van der Waals surface area contributed by atoms with E-state index in [-0.39, 0.29) is 12.1 Å². The fraction of sp³-hybridized carbons (Fsp3) is 0.565. The van der Waals surface area contributed by atoms with Gasteiger partial charge < -0.3 is 0 Å². The summed E-state index contributed by atoms with van der Waals surface area (Å²) in [6.45, 7) is 5.08. The Balaban J connectivity index is 1.48. The number of carbonyl (C=O) groups is 2. The van der Waals surface area contributed by atoms with Gasteiger partial charge in [-0.25, -0.2) is 17.9 Å². The molecule has 1 aromatic heterocycles. The number of imide groups is 1. The van der Waals surface area contributed by atoms with Crippen molar-refractivity contribution in [3.8, 4) is 0 Å². The first-order valence-electron chi connectivity index (χ1n) is 11.8. The molecule has 34 heavy (non-hydrogen) atoms. The van der Waals surface area contributed by atoms with Gasteiger partial charge in [-0.3, -0.25) is 9.58 Å². The highest BCUT2D eigenvalue weighted by Gasteiger charge is 2.47. The number of likely N-dealkylation sites (tertiary alicyclic amines) is 1. The summed E-state index contributed by atoms with van der Waals surface area (Å²) in [6.07, 6.45) is 11.9. The average molecular weight is 488 g/mol. The molecule has 0 radical (unpaired) electrons. The van der Waals surface area contributed by atoms with Crippen molar-refractivity contribution in [2.75, 3.05) is 26.2 Å². The number of hydrogen-bond donors (Lipinski definition) is 1. The molecule has 0 bridgehead atoms. The molecule has 3 heterocycles. The van der Waals surface area contributed by atoms with E-state index in [0.29, 0.717) is 18.8 Å². The van der Waals surface area contributed by atoms with Crippen molar-refractivity contribution >= 4 is 27.7 Å². The standard InChI is InChI=1S/C23H31N6O4S/c1-23(7-8-23)25-34(32,33)18-5-6-20-19(13-18)21(30)29(16-17-14-24-26(2)15-17)22(31)28(20)12-11-27-9-3-4-10-27/h5-6,13-15,18,25H,3-4,7-12,16H2,1-2H3/q+1. The summed E-state index contributed by atoms with van der Waals surface area (Å²) in [5.41, 5.74) is 1.05. The Hall–Kier alpha value is -2.63. The molecule has 1 saturated heterocycles. The molecule has 5 rings (SSSR count). The van der Waals surface area contributed by atoms with E-state index in [2.05, 4.69) is 14.7 Å². The third kappa shape index (κ3) is 4.51. The predicted molar refractivity (Wildman–Crippen MR) is 126 cm³/mol. The maximum atomic E-state index is 13.5. The number of fused-ring (bicyclic) bond motifs is 1. The molecule has 1 atom stereocenters. The van der Waals surface area contributed by atoms with Crippen LogP contribution in [0.4, 0.5) is 4.79 Å². The van der Waals surface area contributed by atoms with Gasteiger partial charge in [-0.2, -0.15) is 19.4 Å². The zero-order valence-corrected chi connectivity index (χ0v) is 20.4. The van der Waals surface area contributed by atoms with Gasteiger partial charge >= 0.3 is 11.9 Å². The van der Waals surface area contributed by atoms with Crippen LogP contribution in [-0.2, 0) is 28.4 Å². The maximum Gasteiger partial charge on any atom is 0.501 e. The Labute approximate surface area is 199 Å². The van der Waals surface area contributed by atoms with Crippen LogP contribution in [0.15, 0.2) is 36.2 Å². The highest BCUT2D eigenvalue weighted by molar-refractivity contribution is 7.90. The van der Waals surface area contributed by atoms with Crippen LogP contribution in [0.5, 0.6) is 0 Å². The molecule has 10 nitrogen and oxygen atoms in total. The Morgan fingerprint density at radius 2 is 1.97 bits per heavy atom. The quantitative estimate of drug-likeness (QED) is 0.543. The molecule has 11 heteroatoms. The molecular formula is C23H31N6O4S+. The van der Waals surface area contributed by atoms with E-state index in [1.165, 1.54) is 11.0 Å². The number of rotatable bonds is 8. The van der Waals surface area contributed by atoms with Crippen LogP contribution in [0.1, 0.15) is 38.2 Å². The second-order valence-electron chi connectivity index (χ2n) is 9.89. The van der Waals surface area contributed by atoms with Gasteiger partial charge in [-0.15, -0.1) is 0 Å². The van der Waals surface area contributed by atoms with Crippen molar-refractivity contribution < 1.29 is 22.6 Å². The van der Waals surface area contributed by atoms with Gasteiger partial charge in [-0.05, 0) is 57.8 Å². The van der Waals surface area contributed by atoms with Crippen LogP contribution in [0.2, 0.25) is 0 Å². The molecule has 1 N–H and O–H groups in total. The number of urea groups is 1. The van der Waals surface area contributed by atoms with Crippen molar-refractivity contribution in [3.05, 3.63) is 41.8 Å². The summed E-state index contributed by atoms with van der Waals surface area (Å²) < 4.78 is 32.0. The van der Waals surface area contributed by atoms with Crippen molar-refractivity contribution in [1.82, 2.24) is 24.3 Å². The molecule has 1 unspecified atom stereocenters. The number of nitrogens with one attached hydrogen (secondary N) is 1. The van der Waals surface area contributed by atoms with Crippen LogP contribution >= 0.6 is 0 Å². The van der Waals surface area contributed by atoms with Crippen molar-refractivity contribution in [3.63, 3.8) is 0 Å². The Morgan fingerprint density at radius 3 is 2.62 bits per heavy atom. The Morgan fingerprint density at radius 1 is 1.24 bits per heavy atom. The lowest BCUT2D eigenvalue weighted by atomic mass is 9.99. The molecule has 0 aromatic carbocycles. The van der Waals surface area contributed by atoms with Crippen LogP contribution in [0.25, 0.3) is 0 Å². The summed E-state index contributed by atoms with van der Waals surface area (Å²) >= 11 is 0. The number of amides is 3. The molecule has 182 valence electrons. The second kappa shape index (κ2) is 8.54. The molecule has 1 saturated carbocycles.